The van der Waals surface area contributed by atoms with Crippen LogP contribution in [0.5, 0.6) is 0 Å². The Kier molecular flexibility index (Phi) is 4.90. The summed E-state index contributed by atoms with van der Waals surface area (Å²) in [5, 5.41) is 15.7. The zero-order valence-corrected chi connectivity index (χ0v) is 14.7. The van der Waals surface area contributed by atoms with Crippen LogP contribution in [0.15, 0.2) is 30.3 Å². The first-order chi connectivity index (χ1) is 12.3. The van der Waals surface area contributed by atoms with Gasteiger partial charge in [-0.3, -0.25) is 15.4 Å². The first-order valence-corrected chi connectivity index (χ1v) is 8.29. The maximum Gasteiger partial charge on any atom is 0.324 e. The second kappa shape index (κ2) is 7.12. The number of rotatable bonds is 3. The van der Waals surface area contributed by atoms with E-state index in [4.69, 9.17) is 0 Å². The highest BCUT2D eigenvalue weighted by molar-refractivity contribution is 5.99. The molecule has 1 aromatic heterocycles. The number of carbonyl (C=O) groups excluding carboxylic acids is 2. The molecule has 1 saturated heterocycles. The van der Waals surface area contributed by atoms with E-state index in [-0.39, 0.29) is 23.7 Å². The zero-order chi connectivity index (χ0) is 18.8. The number of aryl methyl sites for hydroxylation is 1. The number of hydrogen-bond acceptors (Lipinski definition) is 4. The average molecular weight is 360 g/mol. The highest BCUT2D eigenvalue weighted by atomic mass is 19.1. The van der Waals surface area contributed by atoms with Crippen molar-refractivity contribution in [1.29, 1.82) is 0 Å². The van der Waals surface area contributed by atoms with E-state index in [9.17, 15) is 14.0 Å². The molecule has 4 N–H and O–H groups in total. The molecule has 3 unspecified atom stereocenters. The van der Waals surface area contributed by atoms with Crippen LogP contribution in [0.25, 0.3) is 0 Å². The molecule has 1 aliphatic heterocycles. The molecule has 0 bridgehead atoms. The van der Waals surface area contributed by atoms with Gasteiger partial charge in [-0.2, -0.15) is 5.10 Å². The standard InChI is InChI=1S/C17H21FN6O2/c1-9-8-14(21-17(26)20-13-6-4-12(18)5-7-13)24(23-9)16-19-11(3)10(2)15(25)22-16/h4-8,10-11,16,19H,1-3H3,(H,22,25)(H2,20,21,26). The van der Waals surface area contributed by atoms with Crippen molar-refractivity contribution in [2.24, 2.45) is 5.92 Å². The minimum Gasteiger partial charge on any atom is -0.322 e. The lowest BCUT2D eigenvalue weighted by atomic mass is 10.0. The Morgan fingerprint density at radius 3 is 2.58 bits per heavy atom. The quantitative estimate of drug-likeness (QED) is 0.674. The van der Waals surface area contributed by atoms with Crippen molar-refractivity contribution < 1.29 is 14.0 Å². The lowest BCUT2D eigenvalue weighted by molar-refractivity contribution is -0.130. The van der Waals surface area contributed by atoms with E-state index in [1.165, 1.54) is 28.9 Å². The SMILES string of the molecule is Cc1cc(NC(=O)Nc2ccc(F)cc2)n(C2NC(=O)C(C)C(C)N2)n1. The predicted octanol–water partition coefficient (Wildman–Crippen LogP) is 2.17. The summed E-state index contributed by atoms with van der Waals surface area (Å²) in [6.07, 6.45) is -0.566. The summed E-state index contributed by atoms with van der Waals surface area (Å²) < 4.78 is 14.5. The van der Waals surface area contributed by atoms with Crippen molar-refractivity contribution in [1.82, 2.24) is 20.4 Å². The largest absolute Gasteiger partial charge is 0.324 e. The molecule has 9 heteroatoms. The minimum atomic E-state index is -0.566. The molecule has 8 nitrogen and oxygen atoms in total. The van der Waals surface area contributed by atoms with E-state index >= 15 is 0 Å². The Bertz CT molecular complexity index is 819. The molecular weight excluding hydrogens is 339 g/mol. The fourth-order valence-corrected chi connectivity index (χ4v) is 2.68. The number of anilines is 2. The van der Waals surface area contributed by atoms with Gasteiger partial charge in [-0.1, -0.05) is 6.92 Å². The van der Waals surface area contributed by atoms with Crippen LogP contribution in [-0.2, 0) is 4.79 Å². The van der Waals surface area contributed by atoms with E-state index in [0.717, 1.165) is 0 Å². The van der Waals surface area contributed by atoms with E-state index in [1.54, 1.807) is 13.0 Å². The predicted molar refractivity (Wildman–Crippen MR) is 94.9 cm³/mol. The van der Waals surface area contributed by atoms with Gasteiger partial charge >= 0.3 is 6.03 Å². The van der Waals surface area contributed by atoms with Crippen molar-refractivity contribution in [2.75, 3.05) is 10.6 Å². The number of amides is 3. The lowest BCUT2D eigenvalue weighted by Gasteiger charge is -2.34. The fraction of sp³-hybridized carbons (Fsp3) is 0.353. The second-order valence-electron chi connectivity index (χ2n) is 6.36. The number of aromatic nitrogens is 2. The third-order valence-electron chi connectivity index (χ3n) is 4.31. The first-order valence-electron chi connectivity index (χ1n) is 8.29. The molecule has 26 heavy (non-hydrogen) atoms. The third-order valence-corrected chi connectivity index (χ3v) is 4.31. The van der Waals surface area contributed by atoms with Crippen molar-refractivity contribution in [2.45, 2.75) is 33.1 Å². The van der Waals surface area contributed by atoms with Crippen LogP contribution in [0.2, 0.25) is 0 Å². The van der Waals surface area contributed by atoms with E-state index in [2.05, 4.69) is 26.4 Å². The summed E-state index contributed by atoms with van der Waals surface area (Å²) in [4.78, 5) is 24.3. The topological polar surface area (TPSA) is 100 Å². The van der Waals surface area contributed by atoms with E-state index in [0.29, 0.717) is 17.2 Å². The number of hydrogen-bond donors (Lipinski definition) is 4. The molecule has 0 spiro atoms. The summed E-state index contributed by atoms with van der Waals surface area (Å²) in [6.45, 7) is 5.55. The van der Waals surface area contributed by atoms with Crippen LogP contribution < -0.4 is 21.3 Å². The maximum atomic E-state index is 12.9. The molecule has 1 fully saturated rings. The van der Waals surface area contributed by atoms with Crippen LogP contribution in [0.3, 0.4) is 0 Å². The Labute approximate surface area is 150 Å². The van der Waals surface area contributed by atoms with Crippen LogP contribution in [0.4, 0.5) is 20.7 Å². The molecule has 2 heterocycles. The summed E-state index contributed by atoms with van der Waals surface area (Å²) >= 11 is 0. The smallest absolute Gasteiger partial charge is 0.322 e. The summed E-state index contributed by atoms with van der Waals surface area (Å²) in [6, 6.07) is 6.59. The lowest BCUT2D eigenvalue weighted by Crippen LogP contribution is -2.57. The first kappa shape index (κ1) is 17.9. The molecule has 1 aromatic carbocycles. The van der Waals surface area contributed by atoms with Crippen LogP contribution >= 0.6 is 0 Å². The Hall–Kier alpha value is -2.94. The van der Waals surface area contributed by atoms with Crippen molar-refractivity contribution in [3.8, 4) is 0 Å². The number of carbonyl (C=O) groups is 2. The van der Waals surface area contributed by atoms with Gasteiger partial charge in [0.2, 0.25) is 5.91 Å². The van der Waals surface area contributed by atoms with Crippen LogP contribution in [0.1, 0.15) is 25.8 Å². The van der Waals surface area contributed by atoms with Gasteiger partial charge in [0, 0.05) is 17.8 Å². The molecule has 1 aliphatic rings. The molecule has 3 amide bonds. The molecule has 138 valence electrons. The van der Waals surface area contributed by atoms with Gasteiger partial charge in [0.15, 0.2) is 6.29 Å². The van der Waals surface area contributed by atoms with E-state index < -0.39 is 12.3 Å². The average Bonchev–Trinajstić information content (AvgIpc) is 2.94. The minimum absolute atomic E-state index is 0.0425. The molecule has 2 aromatic rings. The van der Waals surface area contributed by atoms with Crippen molar-refractivity contribution in [3.63, 3.8) is 0 Å². The normalized spacial score (nSPS) is 22.6. The van der Waals surface area contributed by atoms with Gasteiger partial charge in [0.25, 0.3) is 0 Å². The number of nitrogens with one attached hydrogen (secondary N) is 4. The molecule has 0 saturated carbocycles. The highest BCUT2D eigenvalue weighted by Gasteiger charge is 2.32. The Morgan fingerprint density at radius 1 is 1.23 bits per heavy atom. The maximum absolute atomic E-state index is 12.9. The number of halogens is 1. The van der Waals surface area contributed by atoms with Gasteiger partial charge in [-0.15, -0.1) is 0 Å². The van der Waals surface area contributed by atoms with Crippen LogP contribution in [0, 0.1) is 18.7 Å². The monoisotopic (exact) mass is 360 g/mol. The summed E-state index contributed by atoms with van der Waals surface area (Å²) in [5.74, 6) is -0.217. The Morgan fingerprint density at radius 2 is 1.92 bits per heavy atom. The van der Waals surface area contributed by atoms with Crippen LogP contribution in [-0.4, -0.2) is 27.8 Å². The summed E-state index contributed by atoms with van der Waals surface area (Å²) in [7, 11) is 0. The number of benzene rings is 1. The molecule has 0 aliphatic carbocycles. The number of urea groups is 1. The molecule has 0 radical (unpaired) electrons. The van der Waals surface area contributed by atoms with Gasteiger partial charge < -0.3 is 10.6 Å². The number of nitrogens with zero attached hydrogens (tertiary/aromatic N) is 2. The Balaban J connectivity index is 1.73. The fourth-order valence-electron chi connectivity index (χ4n) is 2.68. The molecular formula is C17H21FN6O2. The van der Waals surface area contributed by atoms with Crippen molar-refractivity contribution in [3.05, 3.63) is 41.8 Å². The third kappa shape index (κ3) is 3.83. The van der Waals surface area contributed by atoms with E-state index in [1.807, 2.05) is 13.8 Å². The zero-order valence-electron chi connectivity index (χ0n) is 14.7. The van der Waals surface area contributed by atoms with Crippen molar-refractivity contribution >= 4 is 23.4 Å². The highest BCUT2D eigenvalue weighted by Crippen LogP contribution is 2.19. The van der Waals surface area contributed by atoms with Gasteiger partial charge in [-0.05, 0) is 38.1 Å². The van der Waals surface area contributed by atoms with Gasteiger partial charge in [0.1, 0.15) is 11.6 Å². The van der Waals surface area contributed by atoms with Gasteiger partial charge in [0.05, 0.1) is 11.6 Å². The summed E-state index contributed by atoms with van der Waals surface area (Å²) in [5.41, 5.74) is 1.14. The van der Waals surface area contributed by atoms with Gasteiger partial charge in [-0.25, -0.2) is 13.9 Å². The second-order valence-corrected chi connectivity index (χ2v) is 6.36. The molecule has 3 atom stereocenters. The molecule has 3 rings (SSSR count).